The van der Waals surface area contributed by atoms with E-state index in [1.807, 2.05) is 6.07 Å². The molecule has 1 aliphatic rings. The summed E-state index contributed by atoms with van der Waals surface area (Å²) in [5.74, 6) is -1.38. The van der Waals surface area contributed by atoms with E-state index in [0.717, 1.165) is 0 Å². The SMILES string of the molecule is CCOC(=O)C1C(C#N)=C(N)Oc2c1c(C)nn2-c1ccc(Cl)cc1. The Bertz CT molecular complexity index is 909. The Balaban J connectivity index is 2.18. The van der Waals surface area contributed by atoms with Crippen LogP contribution >= 0.6 is 11.6 Å². The Morgan fingerprint density at radius 1 is 1.48 bits per heavy atom. The lowest BCUT2D eigenvalue weighted by molar-refractivity contribution is -0.144. The van der Waals surface area contributed by atoms with Crippen molar-refractivity contribution in [2.45, 2.75) is 19.8 Å². The number of hydrogen-bond donors (Lipinski definition) is 1. The van der Waals surface area contributed by atoms with Crippen LogP contribution in [0, 0.1) is 18.3 Å². The number of nitrogens with two attached hydrogens (primary N) is 1. The first kappa shape index (κ1) is 16.9. The van der Waals surface area contributed by atoms with Gasteiger partial charge in [-0.2, -0.15) is 10.4 Å². The molecule has 1 aromatic carbocycles. The molecule has 2 heterocycles. The molecule has 0 amide bonds. The molecule has 1 unspecified atom stereocenters. The lowest BCUT2D eigenvalue weighted by atomic mass is 9.90. The smallest absolute Gasteiger partial charge is 0.319 e. The number of halogens is 1. The van der Waals surface area contributed by atoms with Crippen LogP contribution < -0.4 is 10.5 Å². The molecule has 2 N–H and O–H groups in total. The molecule has 25 heavy (non-hydrogen) atoms. The van der Waals surface area contributed by atoms with Crippen LogP contribution in [0.5, 0.6) is 5.88 Å². The fourth-order valence-electron chi connectivity index (χ4n) is 2.73. The van der Waals surface area contributed by atoms with Gasteiger partial charge in [-0.1, -0.05) is 11.6 Å². The summed E-state index contributed by atoms with van der Waals surface area (Å²) < 4.78 is 12.3. The Hall–Kier alpha value is -2.98. The molecule has 0 spiro atoms. The number of ether oxygens (including phenoxy) is 2. The second kappa shape index (κ2) is 6.49. The molecule has 7 nitrogen and oxygen atoms in total. The summed E-state index contributed by atoms with van der Waals surface area (Å²) in [4.78, 5) is 12.4. The van der Waals surface area contributed by atoms with Crippen molar-refractivity contribution in [3.63, 3.8) is 0 Å². The number of carbonyl (C=O) groups is 1. The summed E-state index contributed by atoms with van der Waals surface area (Å²) in [5, 5.41) is 14.4. The minimum absolute atomic E-state index is 0.0182. The molecule has 0 bridgehead atoms. The maximum Gasteiger partial charge on any atom is 0.319 e. The van der Waals surface area contributed by atoms with Crippen molar-refractivity contribution in [3.05, 3.63) is 52.0 Å². The number of carbonyl (C=O) groups excluding carboxylic acids is 1. The first-order valence-corrected chi connectivity index (χ1v) is 7.95. The van der Waals surface area contributed by atoms with Crippen molar-refractivity contribution in [1.82, 2.24) is 9.78 Å². The zero-order valence-electron chi connectivity index (χ0n) is 13.6. The second-order valence-corrected chi connectivity index (χ2v) is 5.81. The Labute approximate surface area is 149 Å². The van der Waals surface area contributed by atoms with Gasteiger partial charge < -0.3 is 15.2 Å². The summed E-state index contributed by atoms with van der Waals surface area (Å²) in [6, 6.07) is 8.89. The quantitative estimate of drug-likeness (QED) is 0.846. The average Bonchev–Trinajstić information content (AvgIpc) is 2.90. The molecule has 8 heteroatoms. The van der Waals surface area contributed by atoms with Crippen LogP contribution in [0.4, 0.5) is 0 Å². The summed E-state index contributed by atoms with van der Waals surface area (Å²) >= 11 is 5.92. The lowest BCUT2D eigenvalue weighted by Gasteiger charge is -2.23. The topological polar surface area (TPSA) is 103 Å². The molecular formula is C17H15ClN4O3. The third-order valence-electron chi connectivity index (χ3n) is 3.83. The predicted molar refractivity (Wildman–Crippen MR) is 90.1 cm³/mol. The van der Waals surface area contributed by atoms with E-state index in [9.17, 15) is 10.1 Å². The maximum atomic E-state index is 12.4. The van der Waals surface area contributed by atoms with Crippen molar-refractivity contribution in [3.8, 4) is 17.6 Å². The molecule has 1 aromatic heterocycles. The van der Waals surface area contributed by atoms with E-state index in [1.165, 1.54) is 4.68 Å². The van der Waals surface area contributed by atoms with E-state index in [-0.39, 0.29) is 23.9 Å². The molecule has 0 fully saturated rings. The molecule has 0 saturated carbocycles. The van der Waals surface area contributed by atoms with E-state index in [4.69, 9.17) is 26.8 Å². The zero-order chi connectivity index (χ0) is 18.1. The normalized spacial score (nSPS) is 16.0. The fraction of sp³-hybridized carbons (Fsp3) is 0.235. The zero-order valence-corrected chi connectivity index (χ0v) is 14.4. The Kier molecular flexibility index (Phi) is 4.38. The van der Waals surface area contributed by atoms with Crippen LogP contribution in [0.1, 0.15) is 24.1 Å². The number of fused-ring (bicyclic) bond motifs is 1. The van der Waals surface area contributed by atoms with Crippen LogP contribution in [-0.2, 0) is 9.53 Å². The molecule has 2 aromatic rings. The number of nitrogens with zero attached hydrogens (tertiary/aromatic N) is 3. The molecule has 1 aliphatic heterocycles. The first-order chi connectivity index (χ1) is 12.0. The number of aromatic nitrogens is 2. The van der Waals surface area contributed by atoms with Gasteiger partial charge in [-0.05, 0) is 38.1 Å². The maximum absolute atomic E-state index is 12.4. The highest BCUT2D eigenvalue weighted by molar-refractivity contribution is 6.30. The molecular weight excluding hydrogens is 344 g/mol. The van der Waals surface area contributed by atoms with Gasteiger partial charge in [0.15, 0.2) is 0 Å². The van der Waals surface area contributed by atoms with Gasteiger partial charge in [0.25, 0.3) is 0 Å². The number of esters is 1. The van der Waals surface area contributed by atoms with E-state index in [2.05, 4.69) is 5.10 Å². The molecule has 1 atom stereocenters. The van der Waals surface area contributed by atoms with Crippen molar-refractivity contribution in [2.75, 3.05) is 6.61 Å². The van der Waals surface area contributed by atoms with Crippen molar-refractivity contribution in [2.24, 2.45) is 5.73 Å². The van der Waals surface area contributed by atoms with Crippen LogP contribution in [0.3, 0.4) is 0 Å². The number of nitriles is 1. The molecule has 0 saturated heterocycles. The van der Waals surface area contributed by atoms with E-state index < -0.39 is 11.9 Å². The minimum atomic E-state index is -0.963. The van der Waals surface area contributed by atoms with Gasteiger partial charge in [0.05, 0.1) is 23.6 Å². The summed E-state index contributed by atoms with van der Waals surface area (Å²) in [6.45, 7) is 3.62. The van der Waals surface area contributed by atoms with Crippen LogP contribution in [0.2, 0.25) is 5.02 Å². The fourth-order valence-corrected chi connectivity index (χ4v) is 2.86. The second-order valence-electron chi connectivity index (χ2n) is 5.37. The largest absolute Gasteiger partial charge is 0.465 e. The monoisotopic (exact) mass is 358 g/mol. The Morgan fingerprint density at radius 2 is 2.16 bits per heavy atom. The predicted octanol–water partition coefficient (Wildman–Crippen LogP) is 2.57. The standard InChI is InChI=1S/C17H15ClN4O3/c1-3-24-17(23)14-12(8-19)15(20)25-16-13(14)9(2)21-22(16)11-6-4-10(18)5-7-11/h4-7,14H,3,20H2,1-2H3. The summed E-state index contributed by atoms with van der Waals surface area (Å²) in [6.07, 6.45) is 0. The highest BCUT2D eigenvalue weighted by atomic mass is 35.5. The van der Waals surface area contributed by atoms with E-state index >= 15 is 0 Å². The molecule has 0 radical (unpaired) electrons. The Morgan fingerprint density at radius 3 is 2.76 bits per heavy atom. The van der Waals surface area contributed by atoms with Gasteiger partial charge in [-0.3, -0.25) is 4.79 Å². The van der Waals surface area contributed by atoms with Crippen molar-refractivity contribution >= 4 is 17.6 Å². The highest BCUT2D eigenvalue weighted by Gasteiger charge is 2.40. The van der Waals surface area contributed by atoms with Gasteiger partial charge in [-0.15, -0.1) is 0 Å². The van der Waals surface area contributed by atoms with E-state index in [1.54, 1.807) is 38.1 Å². The van der Waals surface area contributed by atoms with Gasteiger partial charge in [0.2, 0.25) is 11.8 Å². The number of rotatable bonds is 3. The molecule has 0 aliphatic carbocycles. The lowest BCUT2D eigenvalue weighted by Crippen LogP contribution is -2.27. The van der Waals surface area contributed by atoms with E-state index in [0.29, 0.717) is 22.0 Å². The third kappa shape index (κ3) is 2.81. The summed E-state index contributed by atoms with van der Waals surface area (Å²) in [5.41, 5.74) is 7.59. The van der Waals surface area contributed by atoms with Gasteiger partial charge in [0, 0.05) is 5.02 Å². The average molecular weight is 359 g/mol. The van der Waals surface area contributed by atoms with Gasteiger partial charge in [0.1, 0.15) is 17.6 Å². The van der Waals surface area contributed by atoms with Gasteiger partial charge >= 0.3 is 5.97 Å². The number of aryl methyl sites for hydroxylation is 1. The molecule has 3 rings (SSSR count). The molecule has 128 valence electrons. The van der Waals surface area contributed by atoms with Gasteiger partial charge in [-0.25, -0.2) is 4.68 Å². The number of hydrogen-bond acceptors (Lipinski definition) is 6. The number of benzene rings is 1. The highest BCUT2D eigenvalue weighted by Crippen LogP contribution is 2.41. The summed E-state index contributed by atoms with van der Waals surface area (Å²) in [7, 11) is 0. The van der Waals surface area contributed by atoms with Crippen LogP contribution in [-0.4, -0.2) is 22.4 Å². The van der Waals surface area contributed by atoms with Crippen LogP contribution in [0.25, 0.3) is 5.69 Å². The van der Waals surface area contributed by atoms with Crippen molar-refractivity contribution < 1.29 is 14.3 Å². The van der Waals surface area contributed by atoms with Crippen molar-refractivity contribution in [1.29, 1.82) is 5.26 Å². The minimum Gasteiger partial charge on any atom is -0.465 e. The third-order valence-corrected chi connectivity index (χ3v) is 4.08. The first-order valence-electron chi connectivity index (χ1n) is 7.57. The van der Waals surface area contributed by atoms with Crippen LogP contribution in [0.15, 0.2) is 35.7 Å².